The molecule has 0 saturated carbocycles. The fraction of sp³-hybridized carbons (Fsp3) is 0.533. The summed E-state index contributed by atoms with van der Waals surface area (Å²) in [5.41, 5.74) is 1.09. The Hall–Kier alpha value is -1.31. The lowest BCUT2D eigenvalue weighted by atomic mass is 9.95. The van der Waals surface area contributed by atoms with Crippen LogP contribution in [0, 0.1) is 5.41 Å². The van der Waals surface area contributed by atoms with Crippen molar-refractivity contribution in [2.24, 2.45) is 5.41 Å². The lowest BCUT2D eigenvalue weighted by Crippen LogP contribution is -2.35. The average molecular weight is 233 g/mol. The molecule has 0 heterocycles. The second kappa shape index (κ2) is 6.43. The molecule has 17 heavy (non-hydrogen) atoms. The SMILES string of the molecule is CC(C)(C)C(=O)NCCCCc1ccccc1. The number of aryl methyl sites for hydroxylation is 1. The number of hydrogen-bond donors (Lipinski definition) is 1. The summed E-state index contributed by atoms with van der Waals surface area (Å²) in [6, 6.07) is 10.5. The third-order valence-electron chi connectivity index (χ3n) is 2.70. The van der Waals surface area contributed by atoms with Crippen molar-refractivity contribution in [2.45, 2.75) is 40.0 Å². The molecule has 0 aliphatic carbocycles. The van der Waals surface area contributed by atoms with E-state index >= 15 is 0 Å². The van der Waals surface area contributed by atoms with Crippen LogP contribution in [0.2, 0.25) is 0 Å². The molecule has 2 heteroatoms. The predicted molar refractivity (Wildman–Crippen MR) is 71.8 cm³/mol. The second-order valence-corrected chi connectivity index (χ2v) is 5.45. The number of benzene rings is 1. The van der Waals surface area contributed by atoms with Gasteiger partial charge >= 0.3 is 0 Å². The predicted octanol–water partition coefficient (Wildman–Crippen LogP) is 3.17. The molecule has 0 aromatic heterocycles. The average Bonchev–Trinajstić information content (AvgIpc) is 2.28. The van der Waals surface area contributed by atoms with Gasteiger partial charge in [0.25, 0.3) is 0 Å². The number of carbonyl (C=O) groups is 1. The monoisotopic (exact) mass is 233 g/mol. The maximum atomic E-state index is 11.6. The maximum Gasteiger partial charge on any atom is 0.225 e. The van der Waals surface area contributed by atoms with Crippen molar-refractivity contribution in [3.63, 3.8) is 0 Å². The van der Waals surface area contributed by atoms with Gasteiger partial charge < -0.3 is 5.32 Å². The zero-order valence-corrected chi connectivity index (χ0v) is 11.1. The molecule has 0 fully saturated rings. The summed E-state index contributed by atoms with van der Waals surface area (Å²) in [4.78, 5) is 11.6. The van der Waals surface area contributed by atoms with Crippen LogP contribution >= 0.6 is 0 Å². The van der Waals surface area contributed by atoms with Gasteiger partial charge in [0.2, 0.25) is 5.91 Å². The first-order chi connectivity index (χ1) is 8.00. The lowest BCUT2D eigenvalue weighted by molar-refractivity contribution is -0.128. The van der Waals surface area contributed by atoms with Crippen molar-refractivity contribution < 1.29 is 4.79 Å². The van der Waals surface area contributed by atoms with E-state index in [1.54, 1.807) is 0 Å². The van der Waals surface area contributed by atoms with Crippen molar-refractivity contribution in [3.8, 4) is 0 Å². The van der Waals surface area contributed by atoms with Crippen LogP contribution in [0.5, 0.6) is 0 Å². The highest BCUT2D eigenvalue weighted by Gasteiger charge is 2.19. The van der Waals surface area contributed by atoms with Crippen LogP contribution in [0.15, 0.2) is 30.3 Å². The highest BCUT2D eigenvalue weighted by Crippen LogP contribution is 2.12. The van der Waals surface area contributed by atoms with Gasteiger partial charge in [-0.25, -0.2) is 0 Å². The first-order valence-electron chi connectivity index (χ1n) is 6.32. The molecule has 2 nitrogen and oxygen atoms in total. The Bertz CT molecular complexity index is 338. The van der Waals surface area contributed by atoms with E-state index in [9.17, 15) is 4.79 Å². The Morgan fingerprint density at radius 2 is 1.76 bits per heavy atom. The molecule has 0 aliphatic rings. The second-order valence-electron chi connectivity index (χ2n) is 5.45. The molecule has 0 atom stereocenters. The van der Waals surface area contributed by atoms with E-state index in [0.29, 0.717) is 0 Å². The minimum Gasteiger partial charge on any atom is -0.356 e. The van der Waals surface area contributed by atoms with E-state index in [0.717, 1.165) is 25.8 Å². The first-order valence-corrected chi connectivity index (χ1v) is 6.32. The van der Waals surface area contributed by atoms with E-state index in [1.165, 1.54) is 5.56 Å². The first kappa shape index (κ1) is 13.8. The molecule has 1 amide bonds. The molecular formula is C15H23NO. The lowest BCUT2D eigenvalue weighted by Gasteiger charge is -2.17. The van der Waals surface area contributed by atoms with Crippen LogP contribution in [0.4, 0.5) is 0 Å². The summed E-state index contributed by atoms with van der Waals surface area (Å²) in [6.45, 7) is 6.59. The minimum atomic E-state index is -0.278. The van der Waals surface area contributed by atoms with E-state index in [-0.39, 0.29) is 11.3 Å². The highest BCUT2D eigenvalue weighted by molar-refractivity contribution is 5.81. The summed E-state index contributed by atoms with van der Waals surface area (Å²) in [5, 5.41) is 2.97. The third-order valence-corrected chi connectivity index (χ3v) is 2.70. The Morgan fingerprint density at radius 3 is 2.35 bits per heavy atom. The third kappa shape index (κ3) is 5.53. The summed E-state index contributed by atoms with van der Waals surface area (Å²) in [6.07, 6.45) is 3.25. The van der Waals surface area contributed by atoms with Gasteiger partial charge in [-0.2, -0.15) is 0 Å². The Labute approximate surface area is 104 Å². The smallest absolute Gasteiger partial charge is 0.225 e. The number of amides is 1. The quantitative estimate of drug-likeness (QED) is 0.778. The molecule has 0 spiro atoms. The molecule has 1 aromatic carbocycles. The van der Waals surface area contributed by atoms with E-state index in [1.807, 2.05) is 26.8 Å². The largest absolute Gasteiger partial charge is 0.356 e. The van der Waals surface area contributed by atoms with Crippen LogP contribution in [0.3, 0.4) is 0 Å². The topological polar surface area (TPSA) is 29.1 Å². The normalized spacial score (nSPS) is 11.2. The van der Waals surface area contributed by atoms with Gasteiger partial charge in [-0.3, -0.25) is 4.79 Å². The summed E-state index contributed by atoms with van der Waals surface area (Å²) in [5.74, 6) is 0.136. The molecule has 0 radical (unpaired) electrons. The molecule has 1 rings (SSSR count). The van der Waals surface area contributed by atoms with Crippen LogP contribution in [-0.2, 0) is 11.2 Å². The van der Waals surface area contributed by atoms with Crippen LogP contribution < -0.4 is 5.32 Å². The van der Waals surface area contributed by atoms with E-state index in [4.69, 9.17) is 0 Å². The van der Waals surface area contributed by atoms with Gasteiger partial charge in [0.05, 0.1) is 0 Å². The van der Waals surface area contributed by atoms with Gasteiger partial charge in [0.1, 0.15) is 0 Å². The fourth-order valence-electron chi connectivity index (χ4n) is 1.57. The molecule has 1 aromatic rings. The van der Waals surface area contributed by atoms with E-state index < -0.39 is 0 Å². The van der Waals surface area contributed by atoms with Crippen LogP contribution in [0.1, 0.15) is 39.2 Å². The summed E-state index contributed by atoms with van der Waals surface area (Å²) in [7, 11) is 0. The van der Waals surface area contributed by atoms with Gasteiger partial charge in [-0.05, 0) is 24.8 Å². The van der Waals surface area contributed by atoms with Gasteiger partial charge in [0.15, 0.2) is 0 Å². The molecular weight excluding hydrogens is 210 g/mol. The Kier molecular flexibility index (Phi) is 5.20. The van der Waals surface area contributed by atoms with Crippen molar-refractivity contribution in [1.29, 1.82) is 0 Å². The van der Waals surface area contributed by atoms with Crippen molar-refractivity contribution in [2.75, 3.05) is 6.54 Å². The molecule has 0 aliphatic heterocycles. The molecule has 0 unspecified atom stereocenters. The van der Waals surface area contributed by atoms with Gasteiger partial charge in [0, 0.05) is 12.0 Å². The Balaban J connectivity index is 2.12. The molecule has 94 valence electrons. The number of nitrogens with one attached hydrogen (secondary N) is 1. The van der Waals surface area contributed by atoms with Gasteiger partial charge in [-0.15, -0.1) is 0 Å². The van der Waals surface area contributed by atoms with Crippen molar-refractivity contribution >= 4 is 5.91 Å². The number of carbonyl (C=O) groups excluding carboxylic acids is 1. The highest BCUT2D eigenvalue weighted by atomic mass is 16.2. The fourth-order valence-corrected chi connectivity index (χ4v) is 1.57. The molecule has 1 N–H and O–H groups in total. The van der Waals surface area contributed by atoms with Crippen LogP contribution in [-0.4, -0.2) is 12.5 Å². The maximum absolute atomic E-state index is 11.6. The summed E-state index contributed by atoms with van der Waals surface area (Å²) >= 11 is 0. The Morgan fingerprint density at radius 1 is 1.12 bits per heavy atom. The standard InChI is InChI=1S/C15H23NO/c1-15(2,3)14(17)16-12-8-7-11-13-9-5-4-6-10-13/h4-6,9-10H,7-8,11-12H2,1-3H3,(H,16,17). The van der Waals surface area contributed by atoms with Crippen molar-refractivity contribution in [1.82, 2.24) is 5.32 Å². The van der Waals surface area contributed by atoms with E-state index in [2.05, 4.69) is 29.6 Å². The number of rotatable bonds is 5. The van der Waals surface area contributed by atoms with Crippen molar-refractivity contribution in [3.05, 3.63) is 35.9 Å². The zero-order valence-electron chi connectivity index (χ0n) is 11.1. The number of unbranched alkanes of at least 4 members (excludes halogenated alkanes) is 1. The molecule has 0 bridgehead atoms. The van der Waals surface area contributed by atoms with Crippen LogP contribution in [0.25, 0.3) is 0 Å². The molecule has 0 saturated heterocycles. The summed E-state index contributed by atoms with van der Waals surface area (Å²) < 4.78 is 0. The number of hydrogen-bond acceptors (Lipinski definition) is 1. The zero-order chi connectivity index (χ0) is 12.7. The minimum absolute atomic E-state index is 0.136. The van der Waals surface area contributed by atoms with Gasteiger partial charge in [-0.1, -0.05) is 51.1 Å².